The van der Waals surface area contributed by atoms with Crippen LogP contribution in [0.15, 0.2) is 47.1 Å². The summed E-state index contributed by atoms with van der Waals surface area (Å²) in [5, 5.41) is 8.06. The number of rotatable bonds is 5. The van der Waals surface area contributed by atoms with Gasteiger partial charge in [0.1, 0.15) is 5.76 Å². The van der Waals surface area contributed by atoms with Gasteiger partial charge in [0.15, 0.2) is 0 Å². The Morgan fingerprint density at radius 2 is 1.86 bits per heavy atom. The van der Waals surface area contributed by atoms with Crippen LogP contribution in [0.3, 0.4) is 0 Å². The van der Waals surface area contributed by atoms with Gasteiger partial charge < -0.3 is 20.4 Å². The molecule has 2 rings (SSSR count). The third-order valence-corrected chi connectivity index (χ3v) is 2.75. The zero-order valence-corrected chi connectivity index (χ0v) is 11.7. The quantitative estimate of drug-likeness (QED) is 0.789. The highest BCUT2D eigenvalue weighted by atomic mass is 16.3. The van der Waals surface area contributed by atoms with E-state index in [9.17, 15) is 9.59 Å². The molecule has 0 unspecified atom stereocenters. The minimum atomic E-state index is -0.336. The summed E-state index contributed by atoms with van der Waals surface area (Å²) in [7, 11) is 0. The number of anilines is 1. The van der Waals surface area contributed by atoms with E-state index in [-0.39, 0.29) is 11.9 Å². The van der Waals surface area contributed by atoms with Gasteiger partial charge in [-0.3, -0.25) is 4.79 Å². The van der Waals surface area contributed by atoms with Crippen molar-refractivity contribution >= 4 is 17.6 Å². The first-order valence-electron chi connectivity index (χ1n) is 6.64. The van der Waals surface area contributed by atoms with Crippen LogP contribution in [0.1, 0.15) is 23.0 Å². The third kappa shape index (κ3) is 4.38. The van der Waals surface area contributed by atoms with E-state index in [0.29, 0.717) is 30.1 Å². The number of hydrogen-bond donors (Lipinski definition) is 3. The summed E-state index contributed by atoms with van der Waals surface area (Å²) in [6, 6.07) is 9.88. The fraction of sp³-hybridized carbons (Fsp3) is 0.200. The van der Waals surface area contributed by atoms with E-state index in [1.165, 1.54) is 0 Å². The maximum absolute atomic E-state index is 11.7. The van der Waals surface area contributed by atoms with E-state index >= 15 is 0 Å². The van der Waals surface area contributed by atoms with E-state index in [2.05, 4.69) is 16.0 Å². The lowest BCUT2D eigenvalue weighted by molar-refractivity contribution is 0.0956. The Balaban J connectivity index is 1.85. The molecule has 1 aromatic carbocycles. The predicted molar refractivity (Wildman–Crippen MR) is 79.0 cm³/mol. The first kappa shape index (κ1) is 14.6. The van der Waals surface area contributed by atoms with Crippen LogP contribution in [-0.4, -0.2) is 18.5 Å². The average molecular weight is 287 g/mol. The summed E-state index contributed by atoms with van der Waals surface area (Å²) in [4.78, 5) is 23.3. The topological polar surface area (TPSA) is 83.4 Å². The summed E-state index contributed by atoms with van der Waals surface area (Å²) in [6.45, 7) is 2.75. The van der Waals surface area contributed by atoms with Crippen LogP contribution in [-0.2, 0) is 6.54 Å². The summed E-state index contributed by atoms with van der Waals surface area (Å²) < 4.78 is 5.11. The molecule has 3 N–H and O–H groups in total. The number of benzene rings is 1. The lowest BCUT2D eigenvalue weighted by atomic mass is 10.2. The Morgan fingerprint density at radius 1 is 1.10 bits per heavy atom. The van der Waals surface area contributed by atoms with Crippen molar-refractivity contribution in [3.05, 3.63) is 54.0 Å². The van der Waals surface area contributed by atoms with Gasteiger partial charge in [0.2, 0.25) is 0 Å². The van der Waals surface area contributed by atoms with Gasteiger partial charge in [-0.15, -0.1) is 0 Å². The van der Waals surface area contributed by atoms with Gasteiger partial charge in [-0.2, -0.15) is 0 Å². The molecule has 0 aliphatic rings. The second-order valence-corrected chi connectivity index (χ2v) is 4.32. The Morgan fingerprint density at radius 3 is 2.48 bits per heavy atom. The molecule has 21 heavy (non-hydrogen) atoms. The van der Waals surface area contributed by atoms with Crippen molar-refractivity contribution in [2.24, 2.45) is 0 Å². The highest BCUT2D eigenvalue weighted by Gasteiger charge is 2.06. The van der Waals surface area contributed by atoms with Crippen molar-refractivity contribution in [1.29, 1.82) is 0 Å². The summed E-state index contributed by atoms with van der Waals surface area (Å²) >= 11 is 0. The van der Waals surface area contributed by atoms with Crippen molar-refractivity contribution < 1.29 is 14.0 Å². The molecular formula is C15H17N3O3. The summed E-state index contributed by atoms with van der Waals surface area (Å²) in [5.74, 6) is 0.544. The molecule has 6 nitrogen and oxygen atoms in total. The molecule has 0 spiro atoms. The summed E-state index contributed by atoms with van der Waals surface area (Å²) in [5.41, 5.74) is 1.17. The smallest absolute Gasteiger partial charge is 0.319 e. The monoisotopic (exact) mass is 287 g/mol. The Hall–Kier alpha value is -2.76. The van der Waals surface area contributed by atoms with Crippen LogP contribution in [0, 0.1) is 0 Å². The number of furan rings is 1. The van der Waals surface area contributed by atoms with Crippen molar-refractivity contribution in [2.45, 2.75) is 13.5 Å². The molecular weight excluding hydrogens is 270 g/mol. The molecule has 2 aromatic rings. The predicted octanol–water partition coefficient (Wildman–Crippen LogP) is 2.35. The highest BCUT2D eigenvalue weighted by Crippen LogP contribution is 2.09. The molecule has 0 saturated carbocycles. The molecule has 6 heteroatoms. The Labute approximate surface area is 122 Å². The first-order valence-corrected chi connectivity index (χ1v) is 6.64. The zero-order chi connectivity index (χ0) is 15.1. The summed E-state index contributed by atoms with van der Waals surface area (Å²) in [6.07, 6.45) is 1.55. The zero-order valence-electron chi connectivity index (χ0n) is 11.7. The number of amides is 3. The van der Waals surface area contributed by atoms with Gasteiger partial charge in [-0.25, -0.2) is 4.79 Å². The molecule has 1 aromatic heterocycles. The molecule has 3 amide bonds. The Bertz CT molecular complexity index is 591. The fourth-order valence-corrected chi connectivity index (χ4v) is 1.72. The lowest BCUT2D eigenvalue weighted by Gasteiger charge is -2.07. The van der Waals surface area contributed by atoms with Crippen molar-refractivity contribution in [1.82, 2.24) is 10.6 Å². The third-order valence-electron chi connectivity index (χ3n) is 2.75. The van der Waals surface area contributed by atoms with Crippen LogP contribution >= 0.6 is 0 Å². The minimum absolute atomic E-state index is 0.133. The molecule has 0 fully saturated rings. The number of nitrogens with one attached hydrogen (secondary N) is 3. The number of urea groups is 1. The van der Waals surface area contributed by atoms with Crippen LogP contribution in [0.25, 0.3) is 0 Å². The van der Waals surface area contributed by atoms with E-state index in [1.54, 1.807) is 42.7 Å². The minimum Gasteiger partial charge on any atom is -0.467 e. The molecule has 0 bridgehead atoms. The fourth-order valence-electron chi connectivity index (χ4n) is 1.72. The van der Waals surface area contributed by atoms with Gasteiger partial charge in [0.05, 0.1) is 12.8 Å². The van der Waals surface area contributed by atoms with Crippen molar-refractivity contribution in [3.63, 3.8) is 0 Å². The second-order valence-electron chi connectivity index (χ2n) is 4.32. The molecule has 0 aliphatic heterocycles. The van der Waals surface area contributed by atoms with Gasteiger partial charge in [-0.1, -0.05) is 0 Å². The Kier molecular flexibility index (Phi) is 4.98. The van der Waals surface area contributed by atoms with E-state index in [0.717, 1.165) is 0 Å². The van der Waals surface area contributed by atoms with Crippen LogP contribution in [0.2, 0.25) is 0 Å². The number of hydrogen-bond acceptors (Lipinski definition) is 3. The normalized spacial score (nSPS) is 9.95. The lowest BCUT2D eigenvalue weighted by Crippen LogP contribution is -2.28. The molecule has 1 heterocycles. The van der Waals surface area contributed by atoms with Crippen LogP contribution in [0.5, 0.6) is 0 Å². The second kappa shape index (κ2) is 7.14. The molecule has 0 radical (unpaired) electrons. The average Bonchev–Trinajstić information content (AvgIpc) is 2.99. The van der Waals surface area contributed by atoms with E-state index in [4.69, 9.17) is 4.42 Å². The molecule has 0 saturated heterocycles. The standard InChI is InChI=1S/C15H17N3O3/c1-2-16-14(19)11-5-7-12(8-6-11)18-15(20)17-10-13-4-3-9-21-13/h3-9H,2,10H2,1H3,(H,16,19)(H2,17,18,20). The van der Waals surface area contributed by atoms with E-state index in [1.807, 2.05) is 6.92 Å². The highest BCUT2D eigenvalue weighted by molar-refractivity contribution is 5.95. The van der Waals surface area contributed by atoms with Crippen LogP contribution in [0.4, 0.5) is 10.5 Å². The molecule has 0 atom stereocenters. The van der Waals surface area contributed by atoms with Crippen molar-refractivity contribution in [3.8, 4) is 0 Å². The maximum atomic E-state index is 11.7. The first-order chi connectivity index (χ1) is 10.2. The van der Waals surface area contributed by atoms with Crippen molar-refractivity contribution in [2.75, 3.05) is 11.9 Å². The SMILES string of the molecule is CCNC(=O)c1ccc(NC(=O)NCc2ccco2)cc1. The molecule has 0 aliphatic carbocycles. The number of carbonyl (C=O) groups excluding carboxylic acids is 2. The van der Waals surface area contributed by atoms with Gasteiger partial charge >= 0.3 is 6.03 Å². The van der Waals surface area contributed by atoms with Gasteiger partial charge in [-0.05, 0) is 43.3 Å². The molecule has 110 valence electrons. The maximum Gasteiger partial charge on any atom is 0.319 e. The van der Waals surface area contributed by atoms with E-state index < -0.39 is 0 Å². The van der Waals surface area contributed by atoms with Gasteiger partial charge in [0, 0.05) is 17.8 Å². The van der Waals surface area contributed by atoms with Crippen LogP contribution < -0.4 is 16.0 Å². The largest absolute Gasteiger partial charge is 0.467 e. The van der Waals surface area contributed by atoms with Gasteiger partial charge in [0.25, 0.3) is 5.91 Å². The number of carbonyl (C=O) groups is 2.